The molecule has 0 spiro atoms. The van der Waals surface area contributed by atoms with Crippen LogP contribution in [-0.2, 0) is 9.59 Å². The number of halogens is 1. The first kappa shape index (κ1) is 21.7. The summed E-state index contributed by atoms with van der Waals surface area (Å²) in [5.74, 6) is 0.511. The van der Waals surface area contributed by atoms with Crippen LogP contribution in [0.2, 0.25) is 0 Å². The Labute approximate surface area is 168 Å². The van der Waals surface area contributed by atoms with E-state index >= 15 is 0 Å². The van der Waals surface area contributed by atoms with Crippen LogP contribution in [-0.4, -0.2) is 41.9 Å². The van der Waals surface area contributed by atoms with E-state index in [9.17, 15) is 9.59 Å². The van der Waals surface area contributed by atoms with E-state index in [1.165, 1.54) is 12.0 Å². The molecule has 2 fully saturated rings. The quantitative estimate of drug-likeness (QED) is 0.807. The Morgan fingerprint density at radius 2 is 1.81 bits per heavy atom. The highest BCUT2D eigenvalue weighted by Crippen LogP contribution is 2.27. The van der Waals surface area contributed by atoms with E-state index in [0.29, 0.717) is 19.5 Å². The number of rotatable bonds is 5. The standard InChI is InChI=1S/C21H31N3O2.ClH/c1-15(23-21(26)17-10-6-3-7-11-17)12-20(25)24-13-18(19(22)14-24)16-8-4-2-5-9-16;/h2,4-5,8-9,15,17-19H,3,6-7,10-14,22H2,1H3,(H,23,26);1H/t15?,18-,19+;/m0./s1. The van der Waals surface area contributed by atoms with Crippen LogP contribution in [0.1, 0.15) is 56.9 Å². The van der Waals surface area contributed by atoms with Gasteiger partial charge in [0.05, 0.1) is 0 Å². The van der Waals surface area contributed by atoms with Crippen molar-refractivity contribution in [1.29, 1.82) is 0 Å². The van der Waals surface area contributed by atoms with Crippen LogP contribution in [0.25, 0.3) is 0 Å². The number of benzene rings is 1. The van der Waals surface area contributed by atoms with Gasteiger partial charge in [-0.25, -0.2) is 0 Å². The van der Waals surface area contributed by atoms with Gasteiger partial charge in [-0.15, -0.1) is 12.4 Å². The number of nitrogens with zero attached hydrogens (tertiary/aromatic N) is 1. The van der Waals surface area contributed by atoms with E-state index in [0.717, 1.165) is 25.7 Å². The minimum Gasteiger partial charge on any atom is -0.353 e. The van der Waals surface area contributed by atoms with Crippen LogP contribution in [0.4, 0.5) is 0 Å². The second-order valence-corrected chi connectivity index (χ2v) is 7.93. The largest absolute Gasteiger partial charge is 0.353 e. The van der Waals surface area contributed by atoms with Gasteiger partial charge in [0.2, 0.25) is 11.8 Å². The summed E-state index contributed by atoms with van der Waals surface area (Å²) in [6.07, 6.45) is 5.80. The van der Waals surface area contributed by atoms with Crippen molar-refractivity contribution in [1.82, 2.24) is 10.2 Å². The maximum absolute atomic E-state index is 12.7. The zero-order valence-electron chi connectivity index (χ0n) is 16.1. The second kappa shape index (κ2) is 10.1. The zero-order valence-corrected chi connectivity index (χ0v) is 16.9. The van der Waals surface area contributed by atoms with Crippen LogP contribution in [0, 0.1) is 5.92 Å². The van der Waals surface area contributed by atoms with E-state index in [4.69, 9.17) is 5.73 Å². The van der Waals surface area contributed by atoms with Gasteiger partial charge < -0.3 is 16.0 Å². The van der Waals surface area contributed by atoms with Gasteiger partial charge >= 0.3 is 0 Å². The van der Waals surface area contributed by atoms with E-state index < -0.39 is 0 Å². The third-order valence-electron chi connectivity index (χ3n) is 5.79. The van der Waals surface area contributed by atoms with Crippen molar-refractivity contribution in [2.24, 2.45) is 11.7 Å². The first-order valence-corrected chi connectivity index (χ1v) is 9.93. The third kappa shape index (κ3) is 5.69. The number of carbonyl (C=O) groups excluding carboxylic acids is 2. The number of carbonyl (C=O) groups is 2. The predicted octanol–water partition coefficient (Wildman–Crippen LogP) is 2.84. The number of likely N-dealkylation sites (tertiary alicyclic amines) is 1. The van der Waals surface area contributed by atoms with Crippen molar-refractivity contribution in [3.63, 3.8) is 0 Å². The predicted molar refractivity (Wildman–Crippen MR) is 110 cm³/mol. The Morgan fingerprint density at radius 1 is 1.15 bits per heavy atom. The van der Waals surface area contributed by atoms with Crippen LogP contribution in [0.15, 0.2) is 30.3 Å². The van der Waals surface area contributed by atoms with Crippen molar-refractivity contribution in [2.75, 3.05) is 13.1 Å². The minimum atomic E-state index is -0.135. The van der Waals surface area contributed by atoms with E-state index in [1.54, 1.807) is 0 Å². The summed E-state index contributed by atoms with van der Waals surface area (Å²) in [7, 11) is 0. The summed E-state index contributed by atoms with van der Waals surface area (Å²) in [6, 6.07) is 9.99. The molecule has 1 unspecified atom stereocenters. The molecule has 0 aromatic heterocycles. The normalized spacial score (nSPS) is 24.1. The average Bonchev–Trinajstić information content (AvgIpc) is 3.05. The average molecular weight is 394 g/mol. The van der Waals surface area contributed by atoms with Gasteiger partial charge in [0.25, 0.3) is 0 Å². The summed E-state index contributed by atoms with van der Waals surface area (Å²) < 4.78 is 0. The van der Waals surface area contributed by atoms with Gasteiger partial charge in [0.1, 0.15) is 0 Å². The highest BCUT2D eigenvalue weighted by Gasteiger charge is 2.34. The molecule has 0 radical (unpaired) electrons. The lowest BCUT2D eigenvalue weighted by atomic mass is 9.88. The maximum Gasteiger partial charge on any atom is 0.224 e. The number of hydrogen-bond donors (Lipinski definition) is 2. The molecule has 1 aliphatic heterocycles. The maximum atomic E-state index is 12.7. The molecule has 3 atom stereocenters. The van der Waals surface area contributed by atoms with Gasteiger partial charge in [-0.2, -0.15) is 0 Å². The molecular weight excluding hydrogens is 362 g/mol. The summed E-state index contributed by atoms with van der Waals surface area (Å²) in [5, 5.41) is 3.04. The van der Waals surface area contributed by atoms with Gasteiger partial charge in [0, 0.05) is 43.4 Å². The lowest BCUT2D eigenvalue weighted by Gasteiger charge is -2.24. The van der Waals surface area contributed by atoms with Crippen molar-refractivity contribution in [3.8, 4) is 0 Å². The number of hydrogen-bond acceptors (Lipinski definition) is 3. The van der Waals surface area contributed by atoms with Crippen molar-refractivity contribution < 1.29 is 9.59 Å². The first-order valence-electron chi connectivity index (χ1n) is 9.93. The lowest BCUT2D eigenvalue weighted by molar-refractivity contribution is -0.131. The molecule has 5 nitrogen and oxygen atoms in total. The fraction of sp³-hybridized carbons (Fsp3) is 0.619. The Bertz CT molecular complexity index is 619. The SMILES string of the molecule is CC(CC(=O)N1C[C@@H](N)[C@H](c2ccccc2)C1)NC(=O)C1CCCCC1.Cl. The van der Waals surface area contributed by atoms with Gasteiger partial charge in [-0.3, -0.25) is 9.59 Å². The Morgan fingerprint density at radius 3 is 2.48 bits per heavy atom. The summed E-state index contributed by atoms with van der Waals surface area (Å²) in [4.78, 5) is 26.9. The Hall–Kier alpha value is -1.59. The van der Waals surface area contributed by atoms with E-state index in [2.05, 4.69) is 17.4 Å². The van der Waals surface area contributed by atoms with Crippen LogP contribution >= 0.6 is 12.4 Å². The molecule has 1 aliphatic carbocycles. The molecule has 3 N–H and O–H groups in total. The lowest BCUT2D eigenvalue weighted by Crippen LogP contribution is -2.41. The minimum absolute atomic E-state index is 0. The molecule has 1 aromatic carbocycles. The smallest absolute Gasteiger partial charge is 0.224 e. The topological polar surface area (TPSA) is 75.4 Å². The molecule has 6 heteroatoms. The molecule has 1 saturated carbocycles. The zero-order chi connectivity index (χ0) is 18.5. The number of nitrogens with two attached hydrogens (primary N) is 1. The molecule has 2 amide bonds. The summed E-state index contributed by atoms with van der Waals surface area (Å²) >= 11 is 0. The molecular formula is C21H32ClN3O2. The number of nitrogens with one attached hydrogen (secondary N) is 1. The van der Waals surface area contributed by atoms with Gasteiger partial charge in [-0.05, 0) is 25.3 Å². The third-order valence-corrected chi connectivity index (χ3v) is 5.79. The van der Waals surface area contributed by atoms with E-state index in [1.807, 2.05) is 30.0 Å². The van der Waals surface area contributed by atoms with Crippen LogP contribution < -0.4 is 11.1 Å². The van der Waals surface area contributed by atoms with Crippen LogP contribution in [0.3, 0.4) is 0 Å². The first-order chi connectivity index (χ1) is 12.5. The molecule has 2 aliphatic rings. The molecule has 0 bridgehead atoms. The summed E-state index contributed by atoms with van der Waals surface area (Å²) in [6.45, 7) is 3.16. The molecule has 150 valence electrons. The van der Waals surface area contributed by atoms with E-state index in [-0.39, 0.29) is 48.1 Å². The summed E-state index contributed by atoms with van der Waals surface area (Å²) in [5.41, 5.74) is 7.47. The Balaban J connectivity index is 0.00000261. The molecule has 1 aromatic rings. The highest BCUT2D eigenvalue weighted by molar-refractivity contribution is 5.85. The molecule has 1 heterocycles. The van der Waals surface area contributed by atoms with Crippen molar-refractivity contribution >= 4 is 24.2 Å². The molecule has 1 saturated heterocycles. The highest BCUT2D eigenvalue weighted by atomic mass is 35.5. The second-order valence-electron chi connectivity index (χ2n) is 7.93. The monoisotopic (exact) mass is 393 g/mol. The molecule has 27 heavy (non-hydrogen) atoms. The fourth-order valence-electron chi connectivity index (χ4n) is 4.25. The van der Waals surface area contributed by atoms with Gasteiger partial charge in [-0.1, -0.05) is 49.6 Å². The van der Waals surface area contributed by atoms with Crippen molar-refractivity contribution in [3.05, 3.63) is 35.9 Å². The molecule has 3 rings (SSSR count). The Kier molecular flexibility index (Phi) is 8.11. The fourth-order valence-corrected chi connectivity index (χ4v) is 4.25. The van der Waals surface area contributed by atoms with Crippen molar-refractivity contribution in [2.45, 2.75) is 63.5 Å². The number of amides is 2. The van der Waals surface area contributed by atoms with Gasteiger partial charge in [0.15, 0.2) is 0 Å². The van der Waals surface area contributed by atoms with Crippen LogP contribution in [0.5, 0.6) is 0 Å².